The van der Waals surface area contributed by atoms with Crippen molar-refractivity contribution in [3.63, 3.8) is 0 Å². The quantitative estimate of drug-likeness (QED) is 0.577. The first-order chi connectivity index (χ1) is 9.14. The van der Waals surface area contributed by atoms with Crippen LogP contribution < -0.4 is 0 Å². The van der Waals surface area contributed by atoms with Crippen molar-refractivity contribution in [3.05, 3.63) is 23.3 Å². The van der Waals surface area contributed by atoms with Crippen LogP contribution in [0.15, 0.2) is 23.3 Å². The van der Waals surface area contributed by atoms with Crippen molar-refractivity contribution in [2.45, 2.75) is 39.0 Å². The molecule has 0 heterocycles. The zero-order valence-electron chi connectivity index (χ0n) is 11.2. The second kappa shape index (κ2) is 5.10. The highest BCUT2D eigenvalue weighted by molar-refractivity contribution is 6.30. The molecule has 0 aromatic heterocycles. The molecule has 2 aliphatic rings. The molecule has 0 amide bonds. The number of hydrogen-bond donors (Lipinski definition) is 0. The molecule has 0 aromatic rings. The van der Waals surface area contributed by atoms with Gasteiger partial charge in [-0.3, -0.25) is 4.79 Å². The van der Waals surface area contributed by atoms with Crippen LogP contribution in [-0.2, 0) is 9.53 Å². The zero-order valence-corrected chi connectivity index (χ0v) is 12.0. The SMILES string of the molecule is CC1(C)[C@H](/C=C(\Cl)C(F)(F)F)[C@@H]1C(=O)OC1CC=CC1. The molecular formula is C14H16ClF3O2. The van der Waals surface area contributed by atoms with E-state index in [1.807, 2.05) is 12.2 Å². The summed E-state index contributed by atoms with van der Waals surface area (Å²) in [5.41, 5.74) is -0.547. The van der Waals surface area contributed by atoms with Crippen LogP contribution in [0.1, 0.15) is 26.7 Å². The number of hydrogen-bond acceptors (Lipinski definition) is 2. The number of carbonyl (C=O) groups is 1. The number of carbonyl (C=O) groups excluding carboxylic acids is 1. The van der Waals surface area contributed by atoms with Gasteiger partial charge in [-0.25, -0.2) is 0 Å². The average Bonchev–Trinajstić information content (AvgIpc) is 2.68. The van der Waals surface area contributed by atoms with Gasteiger partial charge < -0.3 is 4.74 Å². The molecule has 2 aliphatic carbocycles. The van der Waals surface area contributed by atoms with Crippen LogP contribution in [0.25, 0.3) is 0 Å². The van der Waals surface area contributed by atoms with Gasteiger partial charge in [0.15, 0.2) is 0 Å². The molecule has 1 saturated carbocycles. The van der Waals surface area contributed by atoms with Gasteiger partial charge in [-0.15, -0.1) is 0 Å². The van der Waals surface area contributed by atoms with Crippen molar-refractivity contribution in [1.82, 2.24) is 0 Å². The number of alkyl halides is 3. The molecule has 0 unspecified atom stereocenters. The van der Waals surface area contributed by atoms with Crippen LogP contribution in [0.5, 0.6) is 0 Å². The highest BCUT2D eigenvalue weighted by atomic mass is 35.5. The number of halogens is 4. The molecule has 0 radical (unpaired) electrons. The van der Waals surface area contributed by atoms with E-state index >= 15 is 0 Å². The maximum absolute atomic E-state index is 12.4. The fraction of sp³-hybridized carbons (Fsp3) is 0.643. The van der Waals surface area contributed by atoms with Crippen LogP contribution in [0.3, 0.4) is 0 Å². The molecular weight excluding hydrogens is 293 g/mol. The van der Waals surface area contributed by atoms with Gasteiger partial charge in [0.2, 0.25) is 0 Å². The summed E-state index contributed by atoms with van der Waals surface area (Å²) in [5.74, 6) is -1.52. The zero-order chi connectivity index (χ0) is 15.1. The van der Waals surface area contributed by atoms with Crippen molar-refractivity contribution in [2.24, 2.45) is 17.3 Å². The molecule has 2 rings (SSSR count). The van der Waals surface area contributed by atoms with E-state index < -0.39 is 34.4 Å². The minimum Gasteiger partial charge on any atom is -0.461 e. The van der Waals surface area contributed by atoms with Crippen LogP contribution in [0, 0.1) is 17.3 Å². The predicted molar refractivity (Wildman–Crippen MR) is 69.0 cm³/mol. The maximum atomic E-state index is 12.4. The Morgan fingerprint density at radius 3 is 2.40 bits per heavy atom. The Morgan fingerprint density at radius 1 is 1.35 bits per heavy atom. The monoisotopic (exact) mass is 308 g/mol. The summed E-state index contributed by atoms with van der Waals surface area (Å²) in [7, 11) is 0. The Bertz CT molecular complexity index is 458. The molecule has 20 heavy (non-hydrogen) atoms. The summed E-state index contributed by atoms with van der Waals surface area (Å²) >= 11 is 5.23. The van der Waals surface area contributed by atoms with Crippen molar-refractivity contribution in [2.75, 3.05) is 0 Å². The van der Waals surface area contributed by atoms with Crippen molar-refractivity contribution in [3.8, 4) is 0 Å². The molecule has 0 aromatic carbocycles. The first-order valence-corrected chi connectivity index (χ1v) is 6.82. The number of allylic oxidation sites excluding steroid dienone is 2. The largest absolute Gasteiger partial charge is 0.461 e. The molecule has 0 bridgehead atoms. The lowest BCUT2D eigenvalue weighted by atomic mass is 10.1. The summed E-state index contributed by atoms with van der Waals surface area (Å²) in [6, 6.07) is 0. The van der Waals surface area contributed by atoms with Gasteiger partial charge >= 0.3 is 12.1 Å². The third-order valence-corrected chi connectivity index (χ3v) is 4.35. The fourth-order valence-corrected chi connectivity index (χ4v) is 2.75. The number of rotatable bonds is 3. The predicted octanol–water partition coefficient (Wildman–Crippen LogP) is 4.21. The summed E-state index contributed by atoms with van der Waals surface area (Å²) in [4.78, 5) is 12.0. The molecule has 2 atom stereocenters. The van der Waals surface area contributed by atoms with Gasteiger partial charge in [0, 0.05) is 12.8 Å². The smallest absolute Gasteiger partial charge is 0.426 e. The molecule has 0 aliphatic heterocycles. The lowest BCUT2D eigenvalue weighted by Gasteiger charge is -2.11. The minimum absolute atomic E-state index is 0.179. The first-order valence-electron chi connectivity index (χ1n) is 6.44. The highest BCUT2D eigenvalue weighted by Gasteiger charge is 2.62. The topological polar surface area (TPSA) is 26.3 Å². The van der Waals surface area contributed by atoms with E-state index in [1.165, 1.54) is 0 Å². The van der Waals surface area contributed by atoms with Gasteiger partial charge in [0.1, 0.15) is 11.1 Å². The average molecular weight is 309 g/mol. The Labute approximate surface area is 120 Å². The Morgan fingerprint density at radius 2 is 1.90 bits per heavy atom. The van der Waals surface area contributed by atoms with Crippen LogP contribution in [0.4, 0.5) is 13.2 Å². The van der Waals surface area contributed by atoms with Gasteiger partial charge in [-0.05, 0) is 11.3 Å². The lowest BCUT2D eigenvalue weighted by Crippen LogP contribution is -2.18. The molecule has 0 spiro atoms. The Balaban J connectivity index is 2.00. The summed E-state index contributed by atoms with van der Waals surface area (Å²) in [6.07, 6.45) is 1.37. The van der Waals surface area contributed by atoms with Gasteiger partial charge in [0.25, 0.3) is 0 Å². The van der Waals surface area contributed by atoms with E-state index in [1.54, 1.807) is 13.8 Å². The van der Waals surface area contributed by atoms with E-state index in [0.717, 1.165) is 6.08 Å². The Kier molecular flexibility index (Phi) is 3.93. The van der Waals surface area contributed by atoms with E-state index in [-0.39, 0.29) is 6.10 Å². The maximum Gasteiger partial charge on any atom is 0.426 e. The van der Waals surface area contributed by atoms with Crippen LogP contribution in [-0.4, -0.2) is 18.2 Å². The molecule has 112 valence electrons. The molecule has 1 fully saturated rings. The molecule has 0 saturated heterocycles. The van der Waals surface area contributed by atoms with Crippen LogP contribution >= 0.6 is 11.6 Å². The molecule has 2 nitrogen and oxygen atoms in total. The number of esters is 1. The van der Waals surface area contributed by atoms with Gasteiger partial charge in [-0.2, -0.15) is 13.2 Å². The van der Waals surface area contributed by atoms with Crippen molar-refractivity contribution >= 4 is 17.6 Å². The third-order valence-electron chi connectivity index (χ3n) is 4.01. The summed E-state index contributed by atoms with van der Waals surface area (Å²) in [6.45, 7) is 3.49. The highest BCUT2D eigenvalue weighted by Crippen LogP contribution is 2.60. The van der Waals surface area contributed by atoms with Crippen LogP contribution in [0.2, 0.25) is 0 Å². The fourth-order valence-electron chi connectivity index (χ4n) is 2.62. The minimum atomic E-state index is -4.57. The first kappa shape index (κ1) is 15.4. The summed E-state index contributed by atoms with van der Waals surface area (Å²) < 4.78 is 42.6. The second-order valence-corrected chi connectivity index (χ2v) is 6.25. The van der Waals surface area contributed by atoms with Crippen molar-refractivity contribution in [1.29, 1.82) is 0 Å². The summed E-state index contributed by atoms with van der Waals surface area (Å²) in [5, 5.41) is -1.17. The van der Waals surface area contributed by atoms with Crippen molar-refractivity contribution < 1.29 is 22.7 Å². The lowest BCUT2D eigenvalue weighted by molar-refractivity contribution is -0.151. The van der Waals surface area contributed by atoms with Gasteiger partial charge in [-0.1, -0.05) is 43.7 Å². The van der Waals surface area contributed by atoms with E-state index in [9.17, 15) is 18.0 Å². The number of ether oxygens (including phenoxy) is 1. The third kappa shape index (κ3) is 3.03. The van der Waals surface area contributed by atoms with E-state index in [0.29, 0.717) is 12.8 Å². The van der Waals surface area contributed by atoms with Gasteiger partial charge in [0.05, 0.1) is 5.92 Å². The molecule has 0 N–H and O–H groups in total. The Hall–Kier alpha value is -0.970. The van der Waals surface area contributed by atoms with E-state index in [2.05, 4.69) is 0 Å². The second-order valence-electron chi connectivity index (χ2n) is 5.84. The molecule has 6 heteroatoms. The van der Waals surface area contributed by atoms with E-state index in [4.69, 9.17) is 16.3 Å². The normalized spacial score (nSPS) is 29.6. The standard InChI is InChI=1S/C14H16ClF3O2/c1-13(2)9(7-10(15)14(16,17)18)11(13)12(19)20-8-5-3-4-6-8/h3-4,7-9,11H,5-6H2,1-2H3/b10-7-/t9-,11-/m1/s1.